The third kappa shape index (κ3) is 4.59. The van der Waals surface area contributed by atoms with Crippen LogP contribution in [0.4, 0.5) is 0 Å². The summed E-state index contributed by atoms with van der Waals surface area (Å²) in [5, 5.41) is 0. The Morgan fingerprint density at radius 3 is 2.52 bits per heavy atom. The molecule has 0 fully saturated rings. The summed E-state index contributed by atoms with van der Waals surface area (Å²) in [5.74, 6) is 6.61. The summed E-state index contributed by atoms with van der Waals surface area (Å²) in [6.45, 7) is 4.79. The normalized spacial score (nSPS) is 12.1. The maximum atomic E-state index is 5.71. The number of benzene rings is 2. The van der Waals surface area contributed by atoms with Gasteiger partial charge >= 0.3 is 0 Å². The molecule has 0 aromatic heterocycles. The van der Waals surface area contributed by atoms with E-state index >= 15 is 0 Å². The summed E-state index contributed by atoms with van der Waals surface area (Å²) >= 11 is 0. The molecule has 21 heavy (non-hydrogen) atoms. The molecule has 0 bridgehead atoms. The number of nitrogens with one attached hydrogen (secondary N) is 1. The molecule has 0 aliphatic rings. The topological polar surface area (TPSA) is 47.3 Å². The highest BCUT2D eigenvalue weighted by Gasteiger charge is 2.10. The minimum absolute atomic E-state index is 0.154. The van der Waals surface area contributed by atoms with Crippen molar-refractivity contribution in [2.24, 2.45) is 5.84 Å². The first kappa shape index (κ1) is 15.5. The Kier molecular flexibility index (Phi) is 5.78. The van der Waals surface area contributed by atoms with Crippen molar-refractivity contribution < 1.29 is 4.74 Å². The fourth-order valence-electron chi connectivity index (χ4n) is 2.49. The number of rotatable bonds is 7. The van der Waals surface area contributed by atoms with Gasteiger partial charge in [0.15, 0.2) is 0 Å². The molecule has 3 heteroatoms. The fourth-order valence-corrected chi connectivity index (χ4v) is 2.49. The zero-order chi connectivity index (χ0) is 15.1. The molecule has 1 unspecified atom stereocenters. The Hall–Kier alpha value is -1.84. The van der Waals surface area contributed by atoms with Crippen molar-refractivity contribution in [2.75, 3.05) is 6.61 Å². The maximum absolute atomic E-state index is 5.71. The third-order valence-electron chi connectivity index (χ3n) is 3.60. The second-order valence-corrected chi connectivity index (χ2v) is 5.25. The van der Waals surface area contributed by atoms with E-state index in [2.05, 4.69) is 48.7 Å². The van der Waals surface area contributed by atoms with Crippen LogP contribution in [0.5, 0.6) is 5.75 Å². The summed E-state index contributed by atoms with van der Waals surface area (Å²) in [6.07, 6.45) is 1.97. The Labute approximate surface area is 127 Å². The lowest BCUT2D eigenvalue weighted by Crippen LogP contribution is -2.28. The number of hydrazine groups is 1. The number of hydrogen-bond acceptors (Lipinski definition) is 3. The van der Waals surface area contributed by atoms with Crippen LogP contribution >= 0.6 is 0 Å². The van der Waals surface area contributed by atoms with Crippen molar-refractivity contribution in [2.45, 2.75) is 32.7 Å². The van der Waals surface area contributed by atoms with Gasteiger partial charge in [-0.15, -0.1) is 0 Å². The van der Waals surface area contributed by atoms with Crippen LogP contribution in [0.15, 0.2) is 48.5 Å². The Balaban J connectivity index is 1.99. The van der Waals surface area contributed by atoms with E-state index in [1.54, 1.807) is 0 Å². The molecule has 112 valence electrons. The molecular weight excluding hydrogens is 260 g/mol. The first-order chi connectivity index (χ1) is 10.2. The summed E-state index contributed by atoms with van der Waals surface area (Å²) in [6, 6.07) is 16.9. The first-order valence-corrected chi connectivity index (χ1v) is 7.47. The molecule has 1 atom stereocenters. The van der Waals surface area contributed by atoms with Gasteiger partial charge in [-0.25, -0.2) is 0 Å². The molecule has 0 aliphatic carbocycles. The molecule has 0 radical (unpaired) electrons. The summed E-state index contributed by atoms with van der Waals surface area (Å²) in [4.78, 5) is 0. The highest BCUT2D eigenvalue weighted by atomic mass is 16.5. The molecule has 3 N–H and O–H groups in total. The van der Waals surface area contributed by atoms with Crippen LogP contribution in [0.1, 0.15) is 36.1 Å². The molecule has 0 spiro atoms. The Bertz CT molecular complexity index is 551. The molecule has 2 aromatic carbocycles. The van der Waals surface area contributed by atoms with Crippen LogP contribution in [0, 0.1) is 6.92 Å². The van der Waals surface area contributed by atoms with E-state index in [1.807, 2.05) is 19.1 Å². The van der Waals surface area contributed by atoms with E-state index in [9.17, 15) is 0 Å². The predicted molar refractivity (Wildman–Crippen MR) is 87.2 cm³/mol. The molecule has 0 aliphatic heterocycles. The van der Waals surface area contributed by atoms with Crippen molar-refractivity contribution in [1.29, 1.82) is 0 Å². The second kappa shape index (κ2) is 7.81. The van der Waals surface area contributed by atoms with Crippen LogP contribution in [-0.2, 0) is 6.42 Å². The van der Waals surface area contributed by atoms with Gasteiger partial charge in [0.05, 0.1) is 6.61 Å². The summed E-state index contributed by atoms with van der Waals surface area (Å²) in [5.41, 5.74) is 6.75. The van der Waals surface area contributed by atoms with Crippen molar-refractivity contribution in [3.05, 3.63) is 65.2 Å². The zero-order valence-corrected chi connectivity index (χ0v) is 12.8. The van der Waals surface area contributed by atoms with Gasteiger partial charge in [-0.2, -0.15) is 0 Å². The molecule has 0 saturated carbocycles. The molecule has 3 nitrogen and oxygen atoms in total. The van der Waals surface area contributed by atoms with E-state index < -0.39 is 0 Å². The van der Waals surface area contributed by atoms with E-state index in [1.165, 1.54) is 16.7 Å². The van der Waals surface area contributed by atoms with Gasteiger partial charge in [0.25, 0.3) is 0 Å². The van der Waals surface area contributed by atoms with Gasteiger partial charge in [0.2, 0.25) is 0 Å². The zero-order valence-electron chi connectivity index (χ0n) is 12.8. The lowest BCUT2D eigenvalue weighted by Gasteiger charge is -2.17. The SMILES string of the molecule is CCOc1ccc(C(CCc2cccc(C)c2)NN)cc1. The second-order valence-electron chi connectivity index (χ2n) is 5.25. The van der Waals surface area contributed by atoms with E-state index in [0.717, 1.165) is 18.6 Å². The van der Waals surface area contributed by atoms with Gasteiger partial charge in [-0.05, 0) is 49.9 Å². The summed E-state index contributed by atoms with van der Waals surface area (Å²) < 4.78 is 5.47. The van der Waals surface area contributed by atoms with Crippen LogP contribution in [-0.4, -0.2) is 6.61 Å². The van der Waals surface area contributed by atoms with E-state index in [0.29, 0.717) is 6.61 Å². The van der Waals surface area contributed by atoms with Crippen molar-refractivity contribution in [3.63, 3.8) is 0 Å². The third-order valence-corrected chi connectivity index (χ3v) is 3.60. The van der Waals surface area contributed by atoms with Gasteiger partial charge in [-0.1, -0.05) is 42.0 Å². The van der Waals surface area contributed by atoms with Crippen LogP contribution in [0.3, 0.4) is 0 Å². The summed E-state index contributed by atoms with van der Waals surface area (Å²) in [7, 11) is 0. The fraction of sp³-hybridized carbons (Fsp3) is 0.333. The van der Waals surface area contributed by atoms with Crippen molar-refractivity contribution in [1.82, 2.24) is 5.43 Å². The van der Waals surface area contributed by atoms with E-state index in [4.69, 9.17) is 10.6 Å². The van der Waals surface area contributed by atoms with Gasteiger partial charge < -0.3 is 4.74 Å². The molecular formula is C18H24N2O. The number of aryl methyl sites for hydroxylation is 2. The molecule has 0 heterocycles. The number of hydrogen-bond donors (Lipinski definition) is 2. The highest BCUT2D eigenvalue weighted by Crippen LogP contribution is 2.21. The van der Waals surface area contributed by atoms with E-state index in [-0.39, 0.29) is 6.04 Å². The average molecular weight is 284 g/mol. The highest BCUT2D eigenvalue weighted by molar-refractivity contribution is 5.29. The molecule has 0 saturated heterocycles. The largest absolute Gasteiger partial charge is 0.494 e. The number of ether oxygens (including phenoxy) is 1. The van der Waals surface area contributed by atoms with Crippen molar-refractivity contribution >= 4 is 0 Å². The maximum Gasteiger partial charge on any atom is 0.119 e. The molecule has 2 rings (SSSR count). The van der Waals surface area contributed by atoms with Crippen LogP contribution in [0.2, 0.25) is 0 Å². The minimum Gasteiger partial charge on any atom is -0.494 e. The van der Waals surface area contributed by atoms with Crippen molar-refractivity contribution in [3.8, 4) is 5.75 Å². The Morgan fingerprint density at radius 2 is 1.90 bits per heavy atom. The lowest BCUT2D eigenvalue weighted by atomic mass is 9.98. The quantitative estimate of drug-likeness (QED) is 0.604. The molecule has 0 amide bonds. The Morgan fingerprint density at radius 1 is 1.14 bits per heavy atom. The monoisotopic (exact) mass is 284 g/mol. The minimum atomic E-state index is 0.154. The predicted octanol–water partition coefficient (Wildman–Crippen LogP) is 3.53. The lowest BCUT2D eigenvalue weighted by molar-refractivity contribution is 0.340. The van der Waals surface area contributed by atoms with Crippen LogP contribution < -0.4 is 16.0 Å². The van der Waals surface area contributed by atoms with Gasteiger partial charge in [0, 0.05) is 6.04 Å². The van der Waals surface area contributed by atoms with Crippen LogP contribution in [0.25, 0.3) is 0 Å². The first-order valence-electron chi connectivity index (χ1n) is 7.47. The van der Waals surface area contributed by atoms with Gasteiger partial charge in [-0.3, -0.25) is 11.3 Å². The standard InChI is InChI=1S/C18H24N2O/c1-3-21-17-10-8-16(9-11-17)18(20-19)12-7-15-6-4-5-14(2)13-15/h4-6,8-11,13,18,20H,3,7,12,19H2,1-2H3. The average Bonchev–Trinajstić information content (AvgIpc) is 2.50. The number of nitrogens with two attached hydrogens (primary N) is 1. The smallest absolute Gasteiger partial charge is 0.119 e. The van der Waals surface area contributed by atoms with Gasteiger partial charge in [0.1, 0.15) is 5.75 Å². The molecule has 2 aromatic rings.